The number of hydrogen-bond acceptors (Lipinski definition) is 5. The van der Waals surface area contributed by atoms with Gasteiger partial charge >= 0.3 is 0 Å². The predicted molar refractivity (Wildman–Crippen MR) is 123 cm³/mol. The van der Waals surface area contributed by atoms with Crippen molar-refractivity contribution < 1.29 is 18.0 Å². The number of carbonyl (C=O) groups is 2. The van der Waals surface area contributed by atoms with Crippen LogP contribution < -0.4 is 4.90 Å². The van der Waals surface area contributed by atoms with Crippen LogP contribution in [0.2, 0.25) is 5.02 Å². The van der Waals surface area contributed by atoms with Crippen LogP contribution in [0, 0.1) is 20.8 Å². The van der Waals surface area contributed by atoms with Gasteiger partial charge in [-0.2, -0.15) is 4.31 Å². The number of hydrogen-bond donors (Lipinski definition) is 0. The molecule has 0 spiro atoms. The van der Waals surface area contributed by atoms with E-state index in [4.69, 9.17) is 11.6 Å². The highest BCUT2D eigenvalue weighted by Crippen LogP contribution is 2.32. The summed E-state index contributed by atoms with van der Waals surface area (Å²) < 4.78 is 28.1. The predicted octanol–water partition coefficient (Wildman–Crippen LogP) is 2.90. The summed E-state index contributed by atoms with van der Waals surface area (Å²) in [6.07, 6.45) is 0.0625. The molecule has 2 aromatic rings. The van der Waals surface area contributed by atoms with Crippen LogP contribution in [0.1, 0.15) is 23.1 Å². The number of para-hydroxylation sites is 1. The second kappa shape index (κ2) is 8.59. The van der Waals surface area contributed by atoms with Gasteiger partial charge in [0.05, 0.1) is 28.1 Å². The molecular formula is C23H26ClN3O4S. The Balaban J connectivity index is 1.49. The molecule has 0 aliphatic carbocycles. The first kappa shape index (κ1) is 22.9. The Morgan fingerprint density at radius 2 is 1.53 bits per heavy atom. The molecule has 170 valence electrons. The van der Waals surface area contributed by atoms with Crippen molar-refractivity contribution in [1.29, 1.82) is 0 Å². The third kappa shape index (κ3) is 3.96. The van der Waals surface area contributed by atoms with Gasteiger partial charge in [-0.25, -0.2) is 13.3 Å². The van der Waals surface area contributed by atoms with Crippen molar-refractivity contribution in [3.8, 4) is 0 Å². The fourth-order valence-electron chi connectivity index (χ4n) is 4.75. The van der Waals surface area contributed by atoms with E-state index >= 15 is 0 Å². The highest BCUT2D eigenvalue weighted by Gasteiger charge is 2.44. The van der Waals surface area contributed by atoms with Crippen LogP contribution in [0.25, 0.3) is 0 Å². The van der Waals surface area contributed by atoms with E-state index in [1.165, 1.54) is 4.31 Å². The minimum atomic E-state index is -3.64. The van der Waals surface area contributed by atoms with Crippen molar-refractivity contribution in [1.82, 2.24) is 9.21 Å². The van der Waals surface area contributed by atoms with Gasteiger partial charge in [0, 0.05) is 26.2 Å². The van der Waals surface area contributed by atoms with Gasteiger partial charge in [-0.1, -0.05) is 41.4 Å². The van der Waals surface area contributed by atoms with Crippen LogP contribution in [0.3, 0.4) is 0 Å². The van der Waals surface area contributed by atoms with E-state index in [0.29, 0.717) is 28.7 Å². The van der Waals surface area contributed by atoms with Gasteiger partial charge in [0.15, 0.2) is 0 Å². The molecule has 2 saturated heterocycles. The van der Waals surface area contributed by atoms with Crippen molar-refractivity contribution >= 4 is 39.1 Å². The van der Waals surface area contributed by atoms with E-state index in [9.17, 15) is 18.0 Å². The van der Waals surface area contributed by atoms with Crippen molar-refractivity contribution in [3.05, 3.63) is 58.1 Å². The molecule has 2 aliphatic heterocycles. The van der Waals surface area contributed by atoms with Gasteiger partial charge < -0.3 is 0 Å². The second-order valence-electron chi connectivity index (χ2n) is 8.41. The molecule has 4 rings (SSSR count). The summed E-state index contributed by atoms with van der Waals surface area (Å²) in [5, 5.41) is 0.342. The van der Waals surface area contributed by atoms with Gasteiger partial charge in [0.2, 0.25) is 15.9 Å². The van der Waals surface area contributed by atoms with Gasteiger partial charge in [-0.15, -0.1) is 0 Å². The zero-order valence-electron chi connectivity index (χ0n) is 18.3. The fourth-order valence-corrected chi connectivity index (χ4v) is 6.80. The molecule has 0 unspecified atom stereocenters. The number of anilines is 1. The molecule has 0 N–H and O–H groups in total. The molecule has 0 bridgehead atoms. The maximum Gasteiger partial charge on any atom is 0.251 e. The third-order valence-electron chi connectivity index (χ3n) is 6.13. The summed E-state index contributed by atoms with van der Waals surface area (Å²) in [5.41, 5.74) is 2.88. The topological polar surface area (TPSA) is 78.0 Å². The highest BCUT2D eigenvalue weighted by atomic mass is 35.5. The largest absolute Gasteiger partial charge is 0.289 e. The monoisotopic (exact) mass is 475 g/mol. The van der Waals surface area contributed by atoms with Crippen LogP contribution in [0.15, 0.2) is 41.3 Å². The summed E-state index contributed by atoms with van der Waals surface area (Å²) in [4.78, 5) is 29.1. The normalized spacial score (nSPS) is 20.9. The number of carbonyl (C=O) groups excluding carboxylic acids is 2. The van der Waals surface area contributed by atoms with Crippen molar-refractivity contribution in [2.45, 2.75) is 38.1 Å². The summed E-state index contributed by atoms with van der Waals surface area (Å²) in [6.45, 7) is 6.86. The molecule has 2 amide bonds. The molecule has 2 heterocycles. The van der Waals surface area contributed by atoms with Crippen LogP contribution in [-0.4, -0.2) is 61.7 Å². The van der Waals surface area contributed by atoms with Crippen molar-refractivity contribution in [3.63, 3.8) is 0 Å². The molecule has 0 radical (unpaired) electrons. The Labute approximate surface area is 193 Å². The van der Waals surface area contributed by atoms with E-state index in [-0.39, 0.29) is 31.3 Å². The van der Waals surface area contributed by atoms with Gasteiger partial charge in [-0.3, -0.25) is 14.5 Å². The highest BCUT2D eigenvalue weighted by molar-refractivity contribution is 7.89. The van der Waals surface area contributed by atoms with Crippen LogP contribution in [-0.2, 0) is 19.6 Å². The molecule has 2 aliphatic rings. The quantitative estimate of drug-likeness (QED) is 0.635. The van der Waals surface area contributed by atoms with E-state index in [1.807, 2.05) is 37.8 Å². The first-order valence-electron chi connectivity index (χ1n) is 10.5. The lowest BCUT2D eigenvalue weighted by atomic mass is 10.1. The Hall–Kier alpha value is -2.26. The number of imide groups is 1. The molecule has 9 heteroatoms. The number of nitrogens with zero attached hydrogens (tertiary/aromatic N) is 3. The van der Waals surface area contributed by atoms with E-state index < -0.39 is 16.1 Å². The molecular weight excluding hydrogens is 450 g/mol. The summed E-state index contributed by atoms with van der Waals surface area (Å²) in [6, 6.07) is 9.91. The van der Waals surface area contributed by atoms with Gasteiger partial charge in [-0.05, 0) is 44.0 Å². The number of aryl methyl sites for hydroxylation is 3. The van der Waals surface area contributed by atoms with Crippen LogP contribution in [0.4, 0.5) is 5.69 Å². The SMILES string of the molecule is Cc1cc(C)c(S(=O)(=O)N2CCN([C@@H]3CC(=O)N(c4ccccc4Cl)C3=O)CC2)c(C)c1. The average molecular weight is 476 g/mol. The van der Waals surface area contributed by atoms with Gasteiger partial charge in [0.25, 0.3) is 5.91 Å². The Kier molecular flexibility index (Phi) is 6.15. The molecule has 32 heavy (non-hydrogen) atoms. The molecule has 7 nitrogen and oxygen atoms in total. The van der Waals surface area contributed by atoms with Gasteiger partial charge in [0.1, 0.15) is 0 Å². The Morgan fingerprint density at radius 3 is 2.12 bits per heavy atom. The Morgan fingerprint density at radius 1 is 0.938 bits per heavy atom. The maximum atomic E-state index is 13.3. The van der Waals surface area contributed by atoms with E-state index in [0.717, 1.165) is 21.6 Å². The second-order valence-corrected chi connectivity index (χ2v) is 10.7. The van der Waals surface area contributed by atoms with E-state index in [1.54, 1.807) is 24.3 Å². The van der Waals surface area contributed by atoms with Crippen molar-refractivity contribution in [2.24, 2.45) is 0 Å². The average Bonchev–Trinajstić information content (AvgIpc) is 3.01. The smallest absolute Gasteiger partial charge is 0.251 e. The fraction of sp³-hybridized carbons (Fsp3) is 0.391. The number of halogens is 1. The number of sulfonamides is 1. The third-order valence-corrected chi connectivity index (χ3v) is 8.66. The number of piperazine rings is 1. The lowest BCUT2D eigenvalue weighted by molar-refractivity contribution is -0.123. The first-order chi connectivity index (χ1) is 15.1. The maximum absolute atomic E-state index is 13.3. The zero-order valence-corrected chi connectivity index (χ0v) is 19.9. The molecule has 1 atom stereocenters. The van der Waals surface area contributed by atoms with E-state index in [2.05, 4.69) is 0 Å². The summed E-state index contributed by atoms with van der Waals surface area (Å²) >= 11 is 6.20. The zero-order chi connectivity index (χ0) is 23.2. The van der Waals surface area contributed by atoms with Crippen LogP contribution in [0.5, 0.6) is 0 Å². The molecule has 2 fully saturated rings. The minimum Gasteiger partial charge on any atom is -0.289 e. The van der Waals surface area contributed by atoms with Crippen LogP contribution >= 0.6 is 11.6 Å². The molecule has 0 aromatic heterocycles. The summed E-state index contributed by atoms with van der Waals surface area (Å²) in [7, 11) is -3.64. The Bertz CT molecular complexity index is 1170. The number of amides is 2. The standard InChI is InChI=1S/C23H26ClN3O4S/c1-15-12-16(2)22(17(3)13-15)32(30,31)26-10-8-25(9-11-26)20-14-21(28)27(23(20)29)19-7-5-4-6-18(19)24/h4-7,12-13,20H,8-11,14H2,1-3H3/t20-/m1/s1. The minimum absolute atomic E-state index is 0.0625. The van der Waals surface area contributed by atoms with Crippen molar-refractivity contribution in [2.75, 3.05) is 31.1 Å². The molecule has 2 aromatic carbocycles. The number of benzene rings is 2. The molecule has 0 saturated carbocycles. The lowest BCUT2D eigenvalue weighted by Crippen LogP contribution is -2.53. The lowest BCUT2D eigenvalue weighted by Gasteiger charge is -2.36. The number of rotatable bonds is 4. The first-order valence-corrected chi connectivity index (χ1v) is 12.4. The summed E-state index contributed by atoms with van der Waals surface area (Å²) in [5.74, 6) is -0.612.